The molecule has 0 bridgehead atoms. The molecule has 1 aromatic heterocycles. The summed E-state index contributed by atoms with van der Waals surface area (Å²) in [5, 5.41) is 41.0. The van der Waals surface area contributed by atoms with Crippen LogP contribution in [0.3, 0.4) is 0 Å². The zero-order valence-electron chi connectivity index (χ0n) is 16.6. The van der Waals surface area contributed by atoms with Gasteiger partial charge >= 0.3 is 12.0 Å². The first kappa shape index (κ1) is 23.2. The quantitative estimate of drug-likeness (QED) is 0.260. The van der Waals surface area contributed by atoms with Gasteiger partial charge in [-0.3, -0.25) is 0 Å². The summed E-state index contributed by atoms with van der Waals surface area (Å²) in [6.45, 7) is 0. The number of amides is 2. The monoisotopic (exact) mass is 474 g/mol. The highest BCUT2D eigenvalue weighted by molar-refractivity contribution is 7.89. The topological polar surface area (TPSA) is 217 Å². The Morgan fingerprint density at radius 2 is 1.64 bits per heavy atom. The third kappa shape index (κ3) is 6.05. The summed E-state index contributed by atoms with van der Waals surface area (Å²) in [5.74, 6) is -2.08. The van der Waals surface area contributed by atoms with Crippen LogP contribution in [0.15, 0.2) is 59.6 Å². The number of carbonyl (C=O) groups is 2. The van der Waals surface area contributed by atoms with E-state index in [1.807, 2.05) is 0 Å². The van der Waals surface area contributed by atoms with E-state index in [1.165, 1.54) is 48.5 Å². The second kappa shape index (κ2) is 9.37. The minimum Gasteiger partial charge on any atom is -0.508 e. The van der Waals surface area contributed by atoms with Crippen molar-refractivity contribution in [3.8, 4) is 11.6 Å². The predicted molar refractivity (Wildman–Crippen MR) is 115 cm³/mol. The zero-order chi connectivity index (χ0) is 24.2. The number of nitrogens with zero attached hydrogens (tertiary/aromatic N) is 2. The standard InChI is InChI=1S/C19H18N6O7S/c20-33(31,32)13-7-3-11(4-8-13)22-18-21-9-14(16(27)25-18)23-19(30)24-15(17(28)29)10-1-5-12(26)6-2-10/h1-9,15,26H,(H,28,29)(H2,20,31,32)(H2,23,24,30)(H2,21,22,25,27). The fourth-order valence-corrected chi connectivity index (χ4v) is 3.14. The van der Waals surface area contributed by atoms with Gasteiger partial charge in [0.05, 0.1) is 11.1 Å². The molecule has 8 N–H and O–H groups in total. The molecule has 0 spiro atoms. The lowest BCUT2D eigenvalue weighted by atomic mass is 10.1. The number of phenolic OH excluding ortho intramolecular Hbond substituents is 1. The summed E-state index contributed by atoms with van der Waals surface area (Å²) >= 11 is 0. The molecule has 0 saturated carbocycles. The van der Waals surface area contributed by atoms with Gasteiger partial charge in [-0.1, -0.05) is 12.1 Å². The van der Waals surface area contributed by atoms with E-state index in [1.54, 1.807) is 0 Å². The molecular formula is C19H18N6O7S. The molecule has 0 aliphatic rings. The van der Waals surface area contributed by atoms with Crippen molar-refractivity contribution in [3.05, 3.63) is 60.3 Å². The Labute approximate surface area is 187 Å². The lowest BCUT2D eigenvalue weighted by molar-refractivity contribution is -0.139. The van der Waals surface area contributed by atoms with Gasteiger partial charge in [0, 0.05) is 5.69 Å². The number of sulfonamides is 1. The predicted octanol–water partition coefficient (Wildman–Crippen LogP) is 1.23. The Morgan fingerprint density at radius 1 is 1.00 bits per heavy atom. The lowest BCUT2D eigenvalue weighted by Gasteiger charge is -2.16. The van der Waals surface area contributed by atoms with Gasteiger partial charge < -0.3 is 31.3 Å². The number of carboxylic acids is 1. The highest BCUT2D eigenvalue weighted by Gasteiger charge is 2.23. The van der Waals surface area contributed by atoms with Crippen LogP contribution in [-0.2, 0) is 14.8 Å². The number of anilines is 3. The molecule has 172 valence electrons. The maximum atomic E-state index is 12.2. The Hall–Kier alpha value is -4.43. The van der Waals surface area contributed by atoms with Crippen molar-refractivity contribution in [1.29, 1.82) is 0 Å². The number of nitrogens with one attached hydrogen (secondary N) is 3. The Kier molecular flexibility index (Phi) is 6.60. The first-order chi connectivity index (χ1) is 15.5. The van der Waals surface area contributed by atoms with Gasteiger partial charge in [-0.15, -0.1) is 0 Å². The number of hydrogen-bond acceptors (Lipinski definition) is 9. The van der Waals surface area contributed by atoms with Gasteiger partial charge in [-0.05, 0) is 42.0 Å². The number of aromatic hydroxyl groups is 2. The second-order valence-corrected chi connectivity index (χ2v) is 8.15. The van der Waals surface area contributed by atoms with E-state index >= 15 is 0 Å². The maximum Gasteiger partial charge on any atom is 0.330 e. The van der Waals surface area contributed by atoms with E-state index in [0.717, 1.165) is 6.20 Å². The Bertz CT molecular complexity index is 1280. The van der Waals surface area contributed by atoms with E-state index in [0.29, 0.717) is 5.69 Å². The van der Waals surface area contributed by atoms with Gasteiger partial charge in [-0.2, -0.15) is 4.98 Å². The molecule has 1 atom stereocenters. The molecular weight excluding hydrogens is 456 g/mol. The van der Waals surface area contributed by atoms with Crippen LogP contribution in [0.4, 0.5) is 22.1 Å². The minimum absolute atomic E-state index is 0.0608. The van der Waals surface area contributed by atoms with E-state index in [9.17, 15) is 33.3 Å². The minimum atomic E-state index is -3.84. The number of phenols is 1. The molecule has 0 aliphatic heterocycles. The number of benzene rings is 2. The SMILES string of the molecule is NS(=O)(=O)c1ccc(Nc2ncc(NC(=O)NC(C(=O)O)c3ccc(O)cc3)c(O)n2)cc1. The highest BCUT2D eigenvalue weighted by Crippen LogP contribution is 2.23. The van der Waals surface area contributed by atoms with Gasteiger partial charge in [0.1, 0.15) is 11.4 Å². The molecule has 0 fully saturated rings. The third-order valence-corrected chi connectivity index (χ3v) is 5.13. The third-order valence-electron chi connectivity index (χ3n) is 4.20. The van der Waals surface area contributed by atoms with Crippen molar-refractivity contribution in [2.24, 2.45) is 5.14 Å². The first-order valence-corrected chi connectivity index (χ1v) is 10.6. The molecule has 14 heteroatoms. The highest BCUT2D eigenvalue weighted by atomic mass is 32.2. The van der Waals surface area contributed by atoms with E-state index in [4.69, 9.17) is 5.14 Å². The van der Waals surface area contributed by atoms with Crippen LogP contribution in [0.25, 0.3) is 0 Å². The molecule has 3 rings (SSSR count). The number of primary sulfonamides is 1. The molecule has 2 aromatic carbocycles. The number of aliphatic carboxylic acids is 1. The summed E-state index contributed by atoms with van der Waals surface area (Å²) in [6.07, 6.45) is 1.08. The average Bonchev–Trinajstić information content (AvgIpc) is 2.74. The molecule has 2 amide bonds. The maximum absolute atomic E-state index is 12.2. The van der Waals surface area contributed by atoms with Crippen molar-refractivity contribution in [3.63, 3.8) is 0 Å². The van der Waals surface area contributed by atoms with Gasteiger partial charge in [0.2, 0.25) is 21.9 Å². The van der Waals surface area contributed by atoms with Crippen LogP contribution in [0.2, 0.25) is 0 Å². The largest absolute Gasteiger partial charge is 0.508 e. The number of aromatic nitrogens is 2. The number of urea groups is 1. The normalized spacial score (nSPS) is 11.9. The van der Waals surface area contributed by atoms with Crippen LogP contribution >= 0.6 is 0 Å². The number of nitrogens with two attached hydrogens (primary N) is 1. The van der Waals surface area contributed by atoms with Crippen molar-refractivity contribution < 1.29 is 33.3 Å². The molecule has 1 unspecified atom stereocenters. The average molecular weight is 474 g/mol. The van der Waals surface area contributed by atoms with Crippen molar-refractivity contribution >= 4 is 39.3 Å². The number of carbonyl (C=O) groups excluding carboxylic acids is 1. The van der Waals surface area contributed by atoms with E-state index < -0.39 is 33.9 Å². The molecule has 1 heterocycles. The second-order valence-electron chi connectivity index (χ2n) is 6.59. The summed E-state index contributed by atoms with van der Waals surface area (Å²) in [5.41, 5.74) is 0.417. The Morgan fingerprint density at radius 3 is 2.18 bits per heavy atom. The van der Waals surface area contributed by atoms with Crippen LogP contribution in [-0.4, -0.2) is 45.7 Å². The van der Waals surface area contributed by atoms with Crippen LogP contribution < -0.4 is 21.1 Å². The Balaban J connectivity index is 1.67. The van der Waals surface area contributed by atoms with Crippen molar-refractivity contribution in [1.82, 2.24) is 15.3 Å². The smallest absolute Gasteiger partial charge is 0.330 e. The van der Waals surface area contributed by atoms with Crippen LogP contribution in [0.1, 0.15) is 11.6 Å². The number of rotatable bonds is 7. The van der Waals surface area contributed by atoms with E-state index in [-0.39, 0.29) is 27.8 Å². The van der Waals surface area contributed by atoms with Gasteiger partial charge in [0.25, 0.3) is 0 Å². The lowest BCUT2D eigenvalue weighted by Crippen LogP contribution is -2.36. The van der Waals surface area contributed by atoms with Crippen LogP contribution in [0, 0.1) is 0 Å². The summed E-state index contributed by atoms with van der Waals surface area (Å²) in [4.78, 5) is 31.4. The molecule has 3 aromatic rings. The fraction of sp³-hybridized carbons (Fsp3) is 0.0526. The number of hydrogen-bond donors (Lipinski definition) is 7. The number of carboxylic acid groups (broad SMARTS) is 1. The molecule has 33 heavy (non-hydrogen) atoms. The summed E-state index contributed by atoms with van der Waals surface area (Å²) < 4.78 is 22.6. The fourth-order valence-electron chi connectivity index (χ4n) is 2.62. The van der Waals surface area contributed by atoms with E-state index in [2.05, 4.69) is 25.9 Å². The van der Waals surface area contributed by atoms with Gasteiger partial charge in [0.15, 0.2) is 6.04 Å². The van der Waals surface area contributed by atoms with Crippen LogP contribution in [0.5, 0.6) is 11.6 Å². The molecule has 13 nitrogen and oxygen atoms in total. The molecule has 0 aliphatic carbocycles. The van der Waals surface area contributed by atoms with Crippen molar-refractivity contribution in [2.45, 2.75) is 10.9 Å². The first-order valence-electron chi connectivity index (χ1n) is 9.08. The zero-order valence-corrected chi connectivity index (χ0v) is 17.4. The molecule has 0 radical (unpaired) electrons. The van der Waals surface area contributed by atoms with Gasteiger partial charge in [-0.25, -0.2) is 28.1 Å². The van der Waals surface area contributed by atoms with Crippen molar-refractivity contribution in [2.75, 3.05) is 10.6 Å². The summed E-state index contributed by atoms with van der Waals surface area (Å²) in [6, 6.07) is 8.22. The molecule has 0 saturated heterocycles. The summed E-state index contributed by atoms with van der Waals surface area (Å²) in [7, 11) is -3.84.